The number of benzene rings is 3. The van der Waals surface area contributed by atoms with Gasteiger partial charge in [0.1, 0.15) is 41.7 Å². The molecule has 2 aromatic heterocycles. The number of imidazole rings is 2. The maximum Gasteiger partial charge on any atom is 0.407 e. The van der Waals surface area contributed by atoms with Gasteiger partial charge in [0, 0.05) is 39.3 Å². The number of amides is 4. The highest BCUT2D eigenvalue weighted by molar-refractivity contribution is 5.89. The van der Waals surface area contributed by atoms with Gasteiger partial charge in [-0.05, 0) is 111 Å². The summed E-state index contributed by atoms with van der Waals surface area (Å²) in [6.45, 7) is 8.77. The lowest BCUT2D eigenvalue weighted by Gasteiger charge is -2.35. The second-order valence-corrected chi connectivity index (χ2v) is 20.7. The van der Waals surface area contributed by atoms with E-state index in [1.165, 1.54) is 24.0 Å². The zero-order valence-corrected chi connectivity index (χ0v) is 42.3. The summed E-state index contributed by atoms with van der Waals surface area (Å²) in [6, 6.07) is 7.42. The molecule has 4 aliphatic heterocycles. The molecule has 4 fully saturated rings. The molecule has 0 spiro atoms. The van der Waals surface area contributed by atoms with Crippen LogP contribution in [-0.4, -0.2) is 119 Å². The van der Waals surface area contributed by atoms with Gasteiger partial charge in [0.05, 0.1) is 47.3 Å². The molecule has 0 bridgehead atoms. The Hall–Kier alpha value is -6.44. The summed E-state index contributed by atoms with van der Waals surface area (Å²) in [5.41, 5.74) is 2.53. The number of halogens is 4. The first kappa shape index (κ1) is 51.5. The van der Waals surface area contributed by atoms with Gasteiger partial charge in [-0.25, -0.2) is 32.3 Å². The van der Waals surface area contributed by atoms with Crippen molar-refractivity contribution < 1.29 is 46.2 Å². The van der Waals surface area contributed by atoms with Crippen LogP contribution in [0.25, 0.3) is 22.1 Å². The van der Waals surface area contributed by atoms with Gasteiger partial charge in [0.15, 0.2) is 23.3 Å². The standard InChI is InChI=1S/C53H66F4N10O6/c1-28(2)45(62-40(68)27-72-5)51(69)65-22-10-13-39(65)50-59-34-18-15-31(26-36(34)61-50)37-19-16-32(67(37)48-43(56)41(54)47(42(55)44(48)57)64-20-8-7-9-21-64)24-30-14-17-33-35(25-30)60-49(58-33)38-12-11-23-66(38)52(70)46(29(3)4)63-53(71)73-6/h14-15,17-18,25-26,28-29,32,37-39,45-46H,7-13,16,19-24,27H2,1-6H3,(H,58,60)(H,59,61)(H,62,68)(H,63,71)/t32?,37-,38+,39+,45+,46+/m1/s1. The second kappa shape index (κ2) is 21.6. The van der Waals surface area contributed by atoms with E-state index in [0.29, 0.717) is 90.9 Å². The van der Waals surface area contributed by atoms with Crippen molar-refractivity contribution in [2.24, 2.45) is 11.8 Å². The number of ether oxygens (including phenoxy) is 2. The highest BCUT2D eigenvalue weighted by Gasteiger charge is 2.43. The van der Waals surface area contributed by atoms with Crippen molar-refractivity contribution in [3.8, 4) is 0 Å². The number of aromatic amines is 2. The molecule has 73 heavy (non-hydrogen) atoms. The number of H-pyrrole nitrogens is 2. The minimum Gasteiger partial charge on any atom is -0.453 e. The van der Waals surface area contributed by atoms with Crippen molar-refractivity contribution in [2.45, 2.75) is 128 Å². The molecule has 5 aromatic rings. The number of likely N-dealkylation sites (tertiary alicyclic amines) is 2. The number of methoxy groups -OCH3 is 2. The third kappa shape index (κ3) is 10.1. The van der Waals surface area contributed by atoms with Crippen LogP contribution in [0.2, 0.25) is 0 Å². The van der Waals surface area contributed by atoms with Gasteiger partial charge in [-0.2, -0.15) is 0 Å². The van der Waals surface area contributed by atoms with Crippen LogP contribution >= 0.6 is 0 Å². The molecule has 392 valence electrons. The highest BCUT2D eigenvalue weighted by atomic mass is 19.2. The van der Waals surface area contributed by atoms with Gasteiger partial charge in [-0.15, -0.1) is 0 Å². The average Bonchev–Trinajstić information content (AvgIpc) is 4.24. The SMILES string of the molecule is COCC(=O)N[C@H](C(=O)N1CCC[C@H]1c1nc2ccc([C@H]3CCC(Cc4ccc5nc([C@@H]6CCCN6C(=O)[C@@H](NC(=O)OC)C(C)C)[nH]c5c4)N3c3c(F)c(F)c(N4CCCCC4)c(F)c3F)cc2[nH]1)C(C)C. The first-order valence-corrected chi connectivity index (χ1v) is 25.7. The van der Waals surface area contributed by atoms with E-state index in [4.69, 9.17) is 19.4 Å². The molecule has 0 aliphatic carbocycles. The molecule has 4 N–H and O–H groups in total. The summed E-state index contributed by atoms with van der Waals surface area (Å²) in [6.07, 6.45) is 5.27. The van der Waals surface area contributed by atoms with Crippen molar-refractivity contribution in [2.75, 3.05) is 56.8 Å². The van der Waals surface area contributed by atoms with Crippen LogP contribution in [0.4, 0.5) is 33.7 Å². The van der Waals surface area contributed by atoms with E-state index in [2.05, 4.69) is 20.6 Å². The van der Waals surface area contributed by atoms with Crippen LogP contribution in [0, 0.1) is 35.1 Å². The molecular formula is C53H66F4N10O6. The molecule has 0 radical (unpaired) electrons. The fraction of sp³-hybridized carbons (Fsp3) is 0.547. The molecule has 1 unspecified atom stereocenters. The summed E-state index contributed by atoms with van der Waals surface area (Å²) >= 11 is 0. The predicted molar refractivity (Wildman–Crippen MR) is 267 cm³/mol. The first-order valence-electron chi connectivity index (χ1n) is 25.7. The zero-order chi connectivity index (χ0) is 51.8. The van der Waals surface area contributed by atoms with E-state index in [-0.39, 0.29) is 55.8 Å². The normalized spacial score (nSPS) is 21.3. The van der Waals surface area contributed by atoms with E-state index < -0.39 is 76.9 Å². The smallest absolute Gasteiger partial charge is 0.407 e. The molecule has 0 saturated carbocycles. The molecule has 4 amide bonds. The monoisotopic (exact) mass is 1010 g/mol. The largest absolute Gasteiger partial charge is 0.453 e. The molecule has 4 aliphatic rings. The molecule has 16 nitrogen and oxygen atoms in total. The molecule has 3 aromatic carbocycles. The summed E-state index contributed by atoms with van der Waals surface area (Å²) in [5, 5.41) is 5.49. The van der Waals surface area contributed by atoms with Crippen molar-refractivity contribution in [1.29, 1.82) is 0 Å². The topological polar surface area (TPSA) is 181 Å². The van der Waals surface area contributed by atoms with Gasteiger partial charge in [-0.1, -0.05) is 39.8 Å². The molecule has 9 rings (SSSR count). The molecule has 6 atom stereocenters. The van der Waals surface area contributed by atoms with E-state index in [9.17, 15) is 19.2 Å². The molecule has 4 saturated heterocycles. The Balaban J connectivity index is 1.03. The average molecular weight is 1020 g/mol. The van der Waals surface area contributed by atoms with E-state index >= 15 is 17.6 Å². The van der Waals surface area contributed by atoms with Crippen LogP contribution < -0.4 is 20.4 Å². The summed E-state index contributed by atoms with van der Waals surface area (Å²) in [4.78, 5) is 75.5. The molecular weight excluding hydrogens is 949 g/mol. The van der Waals surface area contributed by atoms with Crippen molar-refractivity contribution in [3.63, 3.8) is 0 Å². The number of anilines is 2. The number of nitrogens with zero attached hydrogens (tertiary/aromatic N) is 6. The minimum atomic E-state index is -1.45. The number of hydrogen-bond donors (Lipinski definition) is 4. The summed E-state index contributed by atoms with van der Waals surface area (Å²) in [5.74, 6) is -5.86. The number of rotatable bonds is 15. The van der Waals surface area contributed by atoms with Crippen molar-refractivity contribution in [3.05, 3.63) is 82.4 Å². The van der Waals surface area contributed by atoms with Crippen LogP contribution in [0.5, 0.6) is 0 Å². The van der Waals surface area contributed by atoms with Crippen molar-refractivity contribution in [1.82, 2.24) is 40.4 Å². The Kier molecular flexibility index (Phi) is 15.2. The lowest BCUT2D eigenvalue weighted by atomic mass is 10.0. The van der Waals surface area contributed by atoms with Gasteiger partial charge in [0.25, 0.3) is 0 Å². The van der Waals surface area contributed by atoms with Gasteiger partial charge < -0.3 is 49.7 Å². The Morgan fingerprint density at radius 3 is 1.77 bits per heavy atom. The van der Waals surface area contributed by atoms with Gasteiger partial charge in [0.2, 0.25) is 17.7 Å². The van der Waals surface area contributed by atoms with Crippen LogP contribution in [-0.2, 0) is 30.3 Å². The first-order chi connectivity index (χ1) is 35.1. The maximum absolute atomic E-state index is 16.9. The van der Waals surface area contributed by atoms with E-state index in [1.807, 2.05) is 58.0 Å². The van der Waals surface area contributed by atoms with Gasteiger partial charge >= 0.3 is 6.09 Å². The van der Waals surface area contributed by atoms with E-state index in [0.717, 1.165) is 24.8 Å². The lowest BCUT2D eigenvalue weighted by Crippen LogP contribution is -2.51. The molecule has 6 heterocycles. The van der Waals surface area contributed by atoms with E-state index in [1.54, 1.807) is 15.9 Å². The number of carbonyl (C=O) groups excluding carboxylic acids is 4. The maximum atomic E-state index is 16.9. The fourth-order valence-corrected chi connectivity index (χ4v) is 11.6. The number of nitrogens with one attached hydrogen (secondary N) is 4. The fourth-order valence-electron chi connectivity index (χ4n) is 11.6. The molecule has 20 heteroatoms. The third-order valence-electron chi connectivity index (χ3n) is 15.2. The Labute approximate surface area is 421 Å². The number of fused-ring (bicyclic) bond motifs is 2. The number of carbonyl (C=O) groups is 4. The quantitative estimate of drug-likeness (QED) is 0.0587. The highest BCUT2D eigenvalue weighted by Crippen LogP contribution is 2.47. The second-order valence-electron chi connectivity index (χ2n) is 20.7. The number of hydrogen-bond acceptors (Lipinski definition) is 10. The number of alkyl carbamates (subject to hydrolysis) is 1. The van der Waals surface area contributed by atoms with Gasteiger partial charge in [-0.3, -0.25) is 14.4 Å². The van der Waals surface area contributed by atoms with Crippen LogP contribution in [0.15, 0.2) is 36.4 Å². The number of aromatic nitrogens is 4. The minimum absolute atomic E-state index is 0.175. The summed E-state index contributed by atoms with van der Waals surface area (Å²) < 4.78 is 76.4. The van der Waals surface area contributed by atoms with Crippen LogP contribution in [0.1, 0.15) is 126 Å². The lowest BCUT2D eigenvalue weighted by molar-refractivity contribution is -0.139. The predicted octanol–water partition coefficient (Wildman–Crippen LogP) is 8.43. The van der Waals surface area contributed by atoms with Crippen molar-refractivity contribution >= 4 is 57.3 Å². The number of piperidine rings is 1. The third-order valence-corrected chi connectivity index (χ3v) is 15.2. The van der Waals surface area contributed by atoms with Crippen LogP contribution in [0.3, 0.4) is 0 Å². The summed E-state index contributed by atoms with van der Waals surface area (Å²) in [7, 11) is 2.66. The Bertz CT molecular complexity index is 2840. The Morgan fingerprint density at radius 2 is 1.21 bits per heavy atom. The zero-order valence-electron chi connectivity index (χ0n) is 42.3. The Morgan fingerprint density at radius 1 is 0.658 bits per heavy atom.